The first-order chi connectivity index (χ1) is 10.0. The molecule has 2 aromatic rings. The van der Waals surface area contributed by atoms with Crippen LogP contribution in [0.3, 0.4) is 0 Å². The summed E-state index contributed by atoms with van der Waals surface area (Å²) in [5.74, 6) is 0.347. The molecular formula is C16H20Cl2N2O2. The zero-order valence-electron chi connectivity index (χ0n) is 12.9. The molecule has 1 aromatic heterocycles. The van der Waals surface area contributed by atoms with Crippen molar-refractivity contribution in [3.63, 3.8) is 0 Å². The maximum atomic E-state index is 12.8. The average Bonchev–Trinajstić information content (AvgIpc) is 2.80. The Labute approximate surface area is 141 Å². The SMILES string of the molecule is Cc1c(C(=O)N2CCNC(C)C2C)oc2c(Cl)cccc12.Cl. The Kier molecular flexibility index (Phi) is 5.05. The number of rotatable bonds is 1. The van der Waals surface area contributed by atoms with E-state index in [0.29, 0.717) is 22.9 Å². The fraction of sp³-hybridized carbons (Fsp3) is 0.438. The molecule has 1 aliphatic rings. The number of aryl methyl sites for hydroxylation is 1. The van der Waals surface area contributed by atoms with Crippen LogP contribution in [0.15, 0.2) is 22.6 Å². The van der Waals surface area contributed by atoms with Crippen molar-refractivity contribution in [1.29, 1.82) is 0 Å². The molecule has 2 unspecified atom stereocenters. The van der Waals surface area contributed by atoms with Crippen LogP contribution >= 0.6 is 24.0 Å². The predicted molar refractivity (Wildman–Crippen MR) is 91.2 cm³/mol. The summed E-state index contributed by atoms with van der Waals surface area (Å²) in [5.41, 5.74) is 1.45. The lowest BCUT2D eigenvalue weighted by molar-refractivity contribution is 0.0572. The van der Waals surface area contributed by atoms with E-state index in [9.17, 15) is 4.79 Å². The van der Waals surface area contributed by atoms with Gasteiger partial charge in [-0.05, 0) is 26.8 Å². The summed E-state index contributed by atoms with van der Waals surface area (Å²) in [7, 11) is 0. The summed E-state index contributed by atoms with van der Waals surface area (Å²) in [6, 6.07) is 5.99. The molecule has 120 valence electrons. The van der Waals surface area contributed by atoms with Gasteiger partial charge in [-0.15, -0.1) is 12.4 Å². The van der Waals surface area contributed by atoms with E-state index in [2.05, 4.69) is 19.2 Å². The van der Waals surface area contributed by atoms with E-state index in [0.717, 1.165) is 17.5 Å². The van der Waals surface area contributed by atoms with Crippen LogP contribution < -0.4 is 5.32 Å². The van der Waals surface area contributed by atoms with Crippen molar-refractivity contribution in [2.75, 3.05) is 13.1 Å². The second-order valence-electron chi connectivity index (χ2n) is 5.65. The fourth-order valence-corrected chi connectivity index (χ4v) is 3.10. The number of carbonyl (C=O) groups is 1. The molecule has 22 heavy (non-hydrogen) atoms. The zero-order chi connectivity index (χ0) is 15.1. The van der Waals surface area contributed by atoms with Crippen LogP contribution in [0.2, 0.25) is 5.02 Å². The van der Waals surface area contributed by atoms with E-state index in [1.54, 1.807) is 6.07 Å². The fourth-order valence-electron chi connectivity index (χ4n) is 2.89. The minimum absolute atomic E-state index is 0. The highest BCUT2D eigenvalue weighted by Gasteiger charge is 2.31. The number of furan rings is 1. The van der Waals surface area contributed by atoms with Crippen molar-refractivity contribution in [2.24, 2.45) is 0 Å². The number of amides is 1. The molecule has 0 radical (unpaired) electrons. The normalized spacial score (nSPS) is 21.7. The van der Waals surface area contributed by atoms with Crippen molar-refractivity contribution in [1.82, 2.24) is 10.2 Å². The first-order valence-electron chi connectivity index (χ1n) is 7.22. The summed E-state index contributed by atoms with van der Waals surface area (Å²) in [6.07, 6.45) is 0. The second-order valence-corrected chi connectivity index (χ2v) is 6.06. The van der Waals surface area contributed by atoms with E-state index in [1.165, 1.54) is 0 Å². The number of hydrogen-bond acceptors (Lipinski definition) is 3. The van der Waals surface area contributed by atoms with Gasteiger partial charge >= 0.3 is 0 Å². The van der Waals surface area contributed by atoms with Crippen LogP contribution in [-0.2, 0) is 0 Å². The third kappa shape index (κ3) is 2.71. The molecule has 0 aliphatic carbocycles. The topological polar surface area (TPSA) is 45.5 Å². The molecule has 0 bridgehead atoms. The van der Waals surface area contributed by atoms with E-state index in [1.807, 2.05) is 24.0 Å². The molecule has 0 saturated carbocycles. The molecular weight excluding hydrogens is 323 g/mol. The van der Waals surface area contributed by atoms with Gasteiger partial charge in [-0.3, -0.25) is 4.79 Å². The Morgan fingerprint density at radius 1 is 1.41 bits per heavy atom. The molecule has 1 fully saturated rings. The molecule has 0 spiro atoms. The van der Waals surface area contributed by atoms with Gasteiger partial charge in [0.25, 0.3) is 5.91 Å². The highest BCUT2D eigenvalue weighted by atomic mass is 35.5. The van der Waals surface area contributed by atoms with E-state index >= 15 is 0 Å². The van der Waals surface area contributed by atoms with Gasteiger partial charge in [0.15, 0.2) is 11.3 Å². The molecule has 6 heteroatoms. The van der Waals surface area contributed by atoms with Crippen molar-refractivity contribution in [3.8, 4) is 0 Å². The maximum absolute atomic E-state index is 12.8. The number of hydrogen-bond donors (Lipinski definition) is 1. The van der Waals surface area contributed by atoms with Gasteiger partial charge in [0.2, 0.25) is 0 Å². The van der Waals surface area contributed by atoms with Crippen molar-refractivity contribution >= 4 is 40.9 Å². The first-order valence-corrected chi connectivity index (χ1v) is 7.60. The van der Waals surface area contributed by atoms with Crippen LogP contribution in [0.1, 0.15) is 30.0 Å². The summed E-state index contributed by atoms with van der Waals surface area (Å²) < 4.78 is 5.78. The molecule has 1 N–H and O–H groups in total. The molecule has 1 aliphatic heterocycles. The highest BCUT2D eigenvalue weighted by molar-refractivity contribution is 6.35. The summed E-state index contributed by atoms with van der Waals surface area (Å²) in [5, 5.41) is 4.82. The monoisotopic (exact) mass is 342 g/mol. The Morgan fingerprint density at radius 2 is 2.14 bits per heavy atom. The van der Waals surface area contributed by atoms with Crippen LogP contribution in [-0.4, -0.2) is 36.0 Å². The van der Waals surface area contributed by atoms with Gasteiger partial charge in [0.05, 0.1) is 5.02 Å². The summed E-state index contributed by atoms with van der Waals surface area (Å²) in [4.78, 5) is 14.7. The van der Waals surface area contributed by atoms with Crippen LogP contribution in [0.4, 0.5) is 0 Å². The molecule has 1 aromatic carbocycles. The van der Waals surface area contributed by atoms with E-state index in [4.69, 9.17) is 16.0 Å². The highest BCUT2D eigenvalue weighted by Crippen LogP contribution is 2.31. The number of nitrogens with zero attached hydrogens (tertiary/aromatic N) is 1. The largest absolute Gasteiger partial charge is 0.449 e. The van der Waals surface area contributed by atoms with E-state index in [-0.39, 0.29) is 30.4 Å². The number of halogens is 2. The lowest BCUT2D eigenvalue weighted by Crippen LogP contribution is -2.57. The molecule has 2 heterocycles. The maximum Gasteiger partial charge on any atom is 0.290 e. The number of piperazine rings is 1. The molecule has 1 saturated heterocycles. The Morgan fingerprint density at radius 3 is 2.82 bits per heavy atom. The first kappa shape index (κ1) is 17.1. The van der Waals surface area contributed by atoms with E-state index < -0.39 is 0 Å². The van der Waals surface area contributed by atoms with Gasteiger partial charge in [-0.1, -0.05) is 23.7 Å². The Bertz CT molecular complexity index is 699. The average molecular weight is 343 g/mol. The number of benzene rings is 1. The zero-order valence-corrected chi connectivity index (χ0v) is 14.4. The van der Waals surface area contributed by atoms with Gasteiger partial charge in [0, 0.05) is 36.1 Å². The third-order valence-electron chi connectivity index (χ3n) is 4.41. The standard InChI is InChI=1S/C16H19ClN2O2.ClH/c1-9-12-5-4-6-13(17)15(12)21-14(9)16(20)19-8-7-18-10(2)11(19)3;/h4-6,10-11,18H,7-8H2,1-3H3;1H. The summed E-state index contributed by atoms with van der Waals surface area (Å²) >= 11 is 6.16. The van der Waals surface area contributed by atoms with Gasteiger partial charge < -0.3 is 14.6 Å². The Hall–Kier alpha value is -1.23. The van der Waals surface area contributed by atoms with Crippen molar-refractivity contribution in [3.05, 3.63) is 34.5 Å². The second kappa shape index (κ2) is 6.49. The lowest BCUT2D eigenvalue weighted by atomic mass is 10.1. The third-order valence-corrected chi connectivity index (χ3v) is 4.70. The van der Waals surface area contributed by atoms with Crippen LogP contribution in [0.25, 0.3) is 11.0 Å². The van der Waals surface area contributed by atoms with Crippen LogP contribution in [0.5, 0.6) is 0 Å². The van der Waals surface area contributed by atoms with Crippen molar-refractivity contribution < 1.29 is 9.21 Å². The number of fused-ring (bicyclic) bond motifs is 1. The minimum Gasteiger partial charge on any atom is -0.449 e. The minimum atomic E-state index is -0.0550. The number of carbonyl (C=O) groups excluding carboxylic acids is 1. The van der Waals surface area contributed by atoms with Gasteiger partial charge in [-0.25, -0.2) is 0 Å². The van der Waals surface area contributed by atoms with Crippen molar-refractivity contribution in [2.45, 2.75) is 32.9 Å². The number of para-hydroxylation sites is 1. The predicted octanol–water partition coefficient (Wildman–Crippen LogP) is 3.64. The molecule has 4 nitrogen and oxygen atoms in total. The smallest absolute Gasteiger partial charge is 0.290 e. The quantitative estimate of drug-likeness (QED) is 0.860. The molecule has 2 atom stereocenters. The molecule has 3 rings (SSSR count). The Balaban J connectivity index is 0.00000176. The lowest BCUT2D eigenvalue weighted by Gasteiger charge is -2.38. The van der Waals surface area contributed by atoms with Gasteiger partial charge in [-0.2, -0.15) is 0 Å². The number of nitrogens with one attached hydrogen (secondary N) is 1. The summed E-state index contributed by atoms with van der Waals surface area (Å²) in [6.45, 7) is 7.55. The van der Waals surface area contributed by atoms with Gasteiger partial charge in [0.1, 0.15) is 0 Å². The van der Waals surface area contributed by atoms with Crippen LogP contribution in [0, 0.1) is 6.92 Å². The molecule has 1 amide bonds.